The van der Waals surface area contributed by atoms with E-state index in [2.05, 4.69) is 43.4 Å². The largest absolute Gasteiger partial charge is 0.593 e. The minimum Gasteiger partial charge on any atom is -0.593 e. The van der Waals surface area contributed by atoms with Gasteiger partial charge < -0.3 is 29.4 Å². The van der Waals surface area contributed by atoms with Crippen molar-refractivity contribution in [1.29, 1.82) is 5.53 Å². The number of benzene rings is 3. The van der Waals surface area contributed by atoms with Crippen LogP contribution in [0.1, 0.15) is 67.9 Å². The third kappa shape index (κ3) is 8.78. The maximum absolute atomic E-state index is 14.3. The van der Waals surface area contributed by atoms with Crippen LogP contribution in [-0.4, -0.2) is 63.6 Å². The molecule has 53 heavy (non-hydrogen) atoms. The summed E-state index contributed by atoms with van der Waals surface area (Å²) in [5.74, 6) is -0.746. The second-order valence-electron chi connectivity index (χ2n) is 13.4. The predicted octanol–water partition coefficient (Wildman–Crippen LogP) is 7.23. The van der Waals surface area contributed by atoms with Crippen LogP contribution < -0.4 is 20.1 Å². The number of carbonyl (C=O) groups is 2. The fourth-order valence-corrected chi connectivity index (χ4v) is 7.78. The van der Waals surface area contributed by atoms with Gasteiger partial charge in [0.15, 0.2) is 12.4 Å². The van der Waals surface area contributed by atoms with Crippen molar-refractivity contribution >= 4 is 40.3 Å². The zero-order valence-electron chi connectivity index (χ0n) is 31.2. The van der Waals surface area contributed by atoms with Gasteiger partial charge in [0.25, 0.3) is 0 Å². The quantitative estimate of drug-likeness (QED) is 0.0679. The average Bonchev–Trinajstić information content (AvgIpc) is 3.29. The molecule has 3 aromatic carbocycles. The summed E-state index contributed by atoms with van der Waals surface area (Å²) in [5.41, 5.74) is 13.0. The summed E-state index contributed by atoms with van der Waals surface area (Å²) >= 11 is -1.46. The molecular formula is C39H47N7O6S. The molecule has 3 N–H and O–H groups in total. The third-order valence-electron chi connectivity index (χ3n) is 9.48. The van der Waals surface area contributed by atoms with E-state index in [1.165, 1.54) is 19.5 Å². The van der Waals surface area contributed by atoms with Crippen molar-refractivity contribution < 1.29 is 28.4 Å². The van der Waals surface area contributed by atoms with Crippen LogP contribution in [0.25, 0.3) is 0 Å². The Bertz CT molecular complexity index is 1940. The van der Waals surface area contributed by atoms with Crippen molar-refractivity contribution in [3.8, 4) is 11.8 Å². The summed E-state index contributed by atoms with van der Waals surface area (Å²) < 4.78 is 32.1. The Morgan fingerprint density at radius 1 is 1.13 bits per heavy atom. The fourth-order valence-electron chi connectivity index (χ4n) is 6.46. The van der Waals surface area contributed by atoms with E-state index in [4.69, 9.17) is 15.0 Å². The summed E-state index contributed by atoms with van der Waals surface area (Å²) in [4.78, 5) is 34.7. The summed E-state index contributed by atoms with van der Waals surface area (Å²) in [6, 6.07) is 17.5. The Morgan fingerprint density at radius 3 is 2.55 bits per heavy atom. The van der Waals surface area contributed by atoms with E-state index in [1.807, 2.05) is 87.5 Å². The molecule has 1 aliphatic heterocycles. The zero-order chi connectivity index (χ0) is 38.3. The van der Waals surface area contributed by atoms with Gasteiger partial charge in [-0.15, -0.1) is 4.31 Å². The molecule has 0 spiro atoms. The number of nitrogens with zero attached hydrogens (tertiary/aromatic N) is 4. The highest BCUT2D eigenvalue weighted by molar-refractivity contribution is 7.89. The van der Waals surface area contributed by atoms with E-state index < -0.39 is 28.7 Å². The Morgan fingerprint density at radius 2 is 1.87 bits per heavy atom. The zero-order valence-corrected chi connectivity index (χ0v) is 32.0. The van der Waals surface area contributed by atoms with E-state index in [9.17, 15) is 14.1 Å². The van der Waals surface area contributed by atoms with E-state index in [-0.39, 0.29) is 24.6 Å². The van der Waals surface area contributed by atoms with Gasteiger partial charge in [0.2, 0.25) is 10.8 Å². The topological polar surface area (TPSA) is 174 Å². The first kappa shape index (κ1) is 39.2. The second kappa shape index (κ2) is 17.2. The number of esters is 1. The molecule has 1 aromatic heterocycles. The van der Waals surface area contributed by atoms with Gasteiger partial charge in [0, 0.05) is 12.5 Å². The molecule has 14 heteroatoms. The highest BCUT2D eigenvalue weighted by Crippen LogP contribution is 2.46. The van der Waals surface area contributed by atoms with Gasteiger partial charge in [-0.2, -0.15) is 5.11 Å². The lowest BCUT2D eigenvalue weighted by atomic mass is 9.69. The summed E-state index contributed by atoms with van der Waals surface area (Å²) in [7, 11) is 1.26. The minimum absolute atomic E-state index is 0.0357. The number of para-hydroxylation sites is 1. The van der Waals surface area contributed by atoms with E-state index in [0.717, 1.165) is 39.9 Å². The van der Waals surface area contributed by atoms with Crippen molar-refractivity contribution in [3.05, 3.63) is 94.8 Å². The van der Waals surface area contributed by atoms with Crippen molar-refractivity contribution in [2.75, 3.05) is 37.4 Å². The Kier molecular flexibility index (Phi) is 12.7. The van der Waals surface area contributed by atoms with Crippen LogP contribution in [0.4, 0.5) is 17.1 Å². The van der Waals surface area contributed by atoms with Gasteiger partial charge >= 0.3 is 12.0 Å². The lowest BCUT2D eigenvalue weighted by Gasteiger charge is -2.36. The summed E-state index contributed by atoms with van der Waals surface area (Å²) in [6.45, 7) is 12.9. The third-order valence-corrected chi connectivity index (χ3v) is 10.9. The lowest BCUT2D eigenvalue weighted by molar-refractivity contribution is -0.143. The maximum atomic E-state index is 14.3. The minimum atomic E-state index is -1.46. The van der Waals surface area contributed by atoms with Crippen LogP contribution in [0, 0.1) is 24.8 Å². The molecule has 0 saturated carbocycles. The number of rotatable bonds is 14. The number of anilines is 2. The lowest BCUT2D eigenvalue weighted by Crippen LogP contribution is -2.38. The van der Waals surface area contributed by atoms with Crippen LogP contribution >= 0.6 is 0 Å². The van der Waals surface area contributed by atoms with Gasteiger partial charge in [0.05, 0.1) is 60.7 Å². The number of amides is 1. The van der Waals surface area contributed by atoms with Crippen molar-refractivity contribution in [1.82, 2.24) is 14.3 Å². The number of aryl methyl sites for hydroxylation is 1. The van der Waals surface area contributed by atoms with Gasteiger partial charge in [-0.05, 0) is 73.2 Å². The predicted molar refractivity (Wildman–Crippen MR) is 203 cm³/mol. The molecule has 5 rings (SSSR count). The summed E-state index contributed by atoms with van der Waals surface area (Å²) in [5, 5.41) is 10.2. The second-order valence-corrected chi connectivity index (χ2v) is 14.9. The number of aromatic nitrogens is 2. The number of hydrogen-bond acceptors (Lipinski definition) is 12. The van der Waals surface area contributed by atoms with Crippen LogP contribution in [0.5, 0.6) is 11.8 Å². The molecule has 13 nitrogen and oxygen atoms in total. The van der Waals surface area contributed by atoms with Crippen LogP contribution in [0.3, 0.4) is 0 Å². The molecule has 0 fully saturated rings. The van der Waals surface area contributed by atoms with Crippen LogP contribution in [0.15, 0.2) is 77.0 Å². The van der Waals surface area contributed by atoms with E-state index >= 15 is 0 Å². The number of hydrogen-bond donors (Lipinski definition) is 3. The Balaban J connectivity index is 1.54. The monoisotopic (exact) mass is 741 g/mol. The highest BCUT2D eigenvalue weighted by atomic mass is 32.2. The van der Waals surface area contributed by atoms with Gasteiger partial charge in [-0.1, -0.05) is 57.2 Å². The smallest absolute Gasteiger partial charge is 0.344 e. The highest BCUT2D eigenvalue weighted by Gasteiger charge is 2.41. The summed E-state index contributed by atoms with van der Waals surface area (Å²) in [6.07, 6.45) is 3.44. The molecule has 280 valence electrons. The fraction of sp³-hybridized carbons (Fsp3) is 0.385. The molecule has 0 bridgehead atoms. The molecule has 4 aromatic rings. The number of nitrogens with one attached hydrogen (secondary N) is 3. The van der Waals surface area contributed by atoms with Gasteiger partial charge in [-0.3, -0.25) is 4.79 Å². The van der Waals surface area contributed by atoms with Gasteiger partial charge in [0.1, 0.15) is 11.8 Å². The first-order valence-corrected chi connectivity index (χ1v) is 18.6. The van der Waals surface area contributed by atoms with Crippen LogP contribution in [0.2, 0.25) is 0 Å². The SMILES string of the molecule is CCNc1ccc([C@H](c2ccc(C)c(CN3C[C@@H](CC)Oc4ccccc4[S+]3[O-])c2)C(C)(C)C(=O)Nc2cnc(OCC(=O)OC)nc2)c(C)c1N=N. The maximum Gasteiger partial charge on any atom is 0.344 e. The molecule has 0 saturated heterocycles. The molecule has 1 aliphatic rings. The van der Waals surface area contributed by atoms with Crippen molar-refractivity contribution in [3.63, 3.8) is 0 Å². The molecule has 2 heterocycles. The number of carbonyl (C=O) groups excluding carboxylic acids is 2. The first-order chi connectivity index (χ1) is 25.4. The van der Waals surface area contributed by atoms with Crippen LogP contribution in [-0.2, 0) is 32.2 Å². The molecular weight excluding hydrogens is 695 g/mol. The Labute approximate surface area is 313 Å². The number of ether oxygens (including phenoxy) is 3. The molecule has 3 atom stereocenters. The molecule has 0 radical (unpaired) electrons. The number of fused-ring (bicyclic) bond motifs is 1. The standard InChI is InChI=1S/C39H47N7O6S/c1-8-29-22-46(53(49)33-13-11-10-12-32(33)52-29)21-27-18-26(15-14-24(27)3)35(30-16-17-31(41-9-2)36(45-40)25(30)4)39(5,6)37(48)44-28-19-42-38(43-20-28)51-23-34(47)50-7/h10-20,29,35,40-41H,8-9,21-23H2,1-7H3,(H,44,48)/t29-,35+,53?/m1/s1. The normalized spacial score (nSPS) is 16.4. The van der Waals surface area contributed by atoms with E-state index in [1.54, 1.807) is 0 Å². The molecule has 1 amide bonds. The van der Waals surface area contributed by atoms with Crippen molar-refractivity contribution in [2.45, 2.75) is 71.4 Å². The molecule has 1 unspecified atom stereocenters. The average molecular weight is 742 g/mol. The first-order valence-electron chi connectivity index (χ1n) is 17.5. The van der Waals surface area contributed by atoms with E-state index in [0.29, 0.717) is 41.7 Å². The number of methoxy groups -OCH3 is 1. The Hall–Kier alpha value is -5.05. The molecule has 0 aliphatic carbocycles. The van der Waals surface area contributed by atoms with Gasteiger partial charge in [-0.25, -0.2) is 20.3 Å². The van der Waals surface area contributed by atoms with Crippen molar-refractivity contribution in [2.24, 2.45) is 10.5 Å².